The van der Waals surface area contributed by atoms with Gasteiger partial charge in [-0.2, -0.15) is 0 Å². The fourth-order valence-corrected chi connectivity index (χ4v) is 3.20. The summed E-state index contributed by atoms with van der Waals surface area (Å²) in [6.45, 7) is 6.35. The minimum absolute atomic E-state index is 0.0507. The van der Waals surface area contributed by atoms with Gasteiger partial charge in [0.1, 0.15) is 0 Å². The average molecular weight is 328 g/mol. The third kappa shape index (κ3) is 6.06. The average Bonchev–Trinajstić information content (AvgIpc) is 2.53. The Morgan fingerprint density at radius 1 is 1.13 bits per heavy atom. The van der Waals surface area contributed by atoms with Crippen LogP contribution in [0.2, 0.25) is 0 Å². The second-order valence-electron chi connectivity index (χ2n) is 6.16. The van der Waals surface area contributed by atoms with E-state index in [1.807, 2.05) is 37.3 Å². The number of nitrogens with one attached hydrogen (secondary N) is 1. The number of rotatable bonds is 7. The summed E-state index contributed by atoms with van der Waals surface area (Å²) in [5, 5.41) is 3.95. The van der Waals surface area contributed by atoms with E-state index in [0.29, 0.717) is 11.5 Å². The molecule has 0 bridgehead atoms. The van der Waals surface area contributed by atoms with Gasteiger partial charge in [-0.3, -0.25) is 4.79 Å². The summed E-state index contributed by atoms with van der Waals surface area (Å²) in [7, 11) is 0. The van der Waals surface area contributed by atoms with E-state index in [2.05, 4.69) is 36.3 Å². The second-order valence-corrected chi connectivity index (χ2v) is 7.16. The molecule has 0 aliphatic rings. The van der Waals surface area contributed by atoms with E-state index < -0.39 is 0 Å². The largest absolute Gasteiger partial charge is 0.350 e. The number of hydrogen-bond donors (Lipinski definition) is 1. The monoisotopic (exact) mass is 328 g/mol. The number of thioether (sulfide) groups is 1. The molecule has 1 aromatic carbocycles. The summed E-state index contributed by atoms with van der Waals surface area (Å²) in [6.07, 6.45) is 2.63. The molecular formula is C19H24N2OS. The lowest BCUT2D eigenvalue weighted by Crippen LogP contribution is -2.33. The Hall–Kier alpha value is -1.81. The van der Waals surface area contributed by atoms with E-state index in [4.69, 9.17) is 0 Å². The highest BCUT2D eigenvalue weighted by atomic mass is 32.2. The van der Waals surface area contributed by atoms with Gasteiger partial charge in [0.25, 0.3) is 5.91 Å². The zero-order valence-electron chi connectivity index (χ0n) is 14.0. The molecule has 0 aliphatic carbocycles. The molecule has 0 spiro atoms. The molecule has 1 atom stereocenters. The molecule has 4 heteroatoms. The molecule has 1 amide bonds. The van der Waals surface area contributed by atoms with E-state index in [-0.39, 0.29) is 11.9 Å². The fourth-order valence-electron chi connectivity index (χ4n) is 2.40. The van der Waals surface area contributed by atoms with Crippen LogP contribution in [0.1, 0.15) is 43.1 Å². The second kappa shape index (κ2) is 8.73. The highest BCUT2D eigenvalue weighted by molar-refractivity contribution is 7.98. The van der Waals surface area contributed by atoms with Gasteiger partial charge in [0.15, 0.2) is 0 Å². The van der Waals surface area contributed by atoms with Gasteiger partial charge in [0.2, 0.25) is 0 Å². The van der Waals surface area contributed by atoms with Crippen molar-refractivity contribution in [3.05, 3.63) is 59.8 Å². The van der Waals surface area contributed by atoms with Gasteiger partial charge in [-0.15, -0.1) is 11.8 Å². The first-order chi connectivity index (χ1) is 11.0. The van der Waals surface area contributed by atoms with E-state index in [0.717, 1.165) is 17.2 Å². The molecule has 0 saturated carbocycles. The van der Waals surface area contributed by atoms with Crippen molar-refractivity contribution in [1.82, 2.24) is 10.3 Å². The zero-order chi connectivity index (χ0) is 16.7. The molecule has 1 heterocycles. The van der Waals surface area contributed by atoms with Crippen LogP contribution in [-0.4, -0.2) is 16.9 Å². The Morgan fingerprint density at radius 3 is 2.48 bits per heavy atom. The summed E-state index contributed by atoms with van der Waals surface area (Å²) in [4.78, 5) is 16.6. The maximum atomic E-state index is 12.2. The third-order valence-electron chi connectivity index (χ3n) is 3.43. The van der Waals surface area contributed by atoms with Crippen molar-refractivity contribution in [2.75, 3.05) is 0 Å². The van der Waals surface area contributed by atoms with Crippen LogP contribution < -0.4 is 5.32 Å². The predicted octanol–water partition coefficient (Wildman–Crippen LogP) is 4.54. The number of benzene rings is 1. The number of aromatic nitrogens is 1. The first-order valence-electron chi connectivity index (χ1n) is 7.98. The number of carbonyl (C=O) groups is 1. The summed E-state index contributed by atoms with van der Waals surface area (Å²) in [5.74, 6) is 1.40. The van der Waals surface area contributed by atoms with Crippen LogP contribution in [0.25, 0.3) is 0 Å². The van der Waals surface area contributed by atoms with E-state index in [1.54, 1.807) is 18.0 Å². The zero-order valence-corrected chi connectivity index (χ0v) is 14.8. The lowest BCUT2D eigenvalue weighted by Gasteiger charge is -2.15. The van der Waals surface area contributed by atoms with Gasteiger partial charge in [-0.25, -0.2) is 4.98 Å². The summed E-state index contributed by atoms with van der Waals surface area (Å²) in [6, 6.07) is 14.2. The van der Waals surface area contributed by atoms with Crippen molar-refractivity contribution in [1.29, 1.82) is 0 Å². The lowest BCUT2D eigenvalue weighted by atomic mass is 10.1. The molecule has 0 aliphatic heterocycles. The number of amides is 1. The Morgan fingerprint density at radius 2 is 1.87 bits per heavy atom. The molecule has 122 valence electrons. The Labute approximate surface area is 142 Å². The minimum atomic E-state index is -0.0507. The normalized spacial score (nSPS) is 12.2. The minimum Gasteiger partial charge on any atom is -0.350 e. The van der Waals surface area contributed by atoms with E-state index in [9.17, 15) is 4.79 Å². The number of hydrogen-bond acceptors (Lipinski definition) is 3. The molecule has 0 radical (unpaired) electrons. The van der Waals surface area contributed by atoms with Crippen LogP contribution in [0.3, 0.4) is 0 Å². The fraction of sp³-hybridized carbons (Fsp3) is 0.368. The van der Waals surface area contributed by atoms with Crippen molar-refractivity contribution in [2.45, 2.75) is 44.0 Å². The van der Waals surface area contributed by atoms with Crippen molar-refractivity contribution in [3.63, 3.8) is 0 Å². The van der Waals surface area contributed by atoms with Gasteiger partial charge in [-0.1, -0.05) is 44.2 Å². The van der Waals surface area contributed by atoms with Crippen LogP contribution in [0.5, 0.6) is 0 Å². The molecular weight excluding hydrogens is 304 g/mol. The maximum Gasteiger partial charge on any atom is 0.253 e. The Bertz CT molecular complexity index is 611. The molecule has 23 heavy (non-hydrogen) atoms. The molecule has 1 aromatic heterocycles. The predicted molar refractivity (Wildman–Crippen MR) is 96.6 cm³/mol. The first-order valence-corrected chi connectivity index (χ1v) is 8.97. The van der Waals surface area contributed by atoms with Gasteiger partial charge in [0.05, 0.1) is 10.6 Å². The van der Waals surface area contributed by atoms with Crippen LogP contribution in [0, 0.1) is 5.92 Å². The van der Waals surface area contributed by atoms with Crippen LogP contribution in [0.15, 0.2) is 53.7 Å². The molecule has 3 nitrogen and oxygen atoms in total. The topological polar surface area (TPSA) is 42.0 Å². The Kier molecular flexibility index (Phi) is 6.66. The lowest BCUT2D eigenvalue weighted by molar-refractivity contribution is 0.0935. The van der Waals surface area contributed by atoms with E-state index >= 15 is 0 Å². The smallest absolute Gasteiger partial charge is 0.253 e. The van der Waals surface area contributed by atoms with Crippen LogP contribution in [-0.2, 0) is 5.75 Å². The van der Waals surface area contributed by atoms with Crippen molar-refractivity contribution >= 4 is 17.7 Å². The van der Waals surface area contributed by atoms with Gasteiger partial charge >= 0.3 is 0 Å². The summed E-state index contributed by atoms with van der Waals surface area (Å²) < 4.78 is 0. The van der Waals surface area contributed by atoms with E-state index in [1.165, 1.54) is 5.56 Å². The first kappa shape index (κ1) is 17.5. The summed E-state index contributed by atoms with van der Waals surface area (Å²) >= 11 is 1.67. The molecule has 0 fully saturated rings. The van der Waals surface area contributed by atoms with Gasteiger partial charge < -0.3 is 5.32 Å². The molecule has 1 unspecified atom stereocenters. The Balaban J connectivity index is 1.87. The maximum absolute atomic E-state index is 12.2. The van der Waals surface area contributed by atoms with Crippen LogP contribution >= 0.6 is 11.8 Å². The van der Waals surface area contributed by atoms with Crippen molar-refractivity contribution in [2.24, 2.45) is 5.92 Å². The summed E-state index contributed by atoms with van der Waals surface area (Å²) in [5.41, 5.74) is 1.88. The molecule has 2 rings (SSSR count). The number of nitrogens with zero attached hydrogens (tertiary/aromatic N) is 1. The third-order valence-corrected chi connectivity index (χ3v) is 4.45. The standard InChI is InChI=1S/C19H24N2OS/c1-14(2)11-15(3)21-19(22)17-9-10-18(20-12-17)23-13-16-7-5-4-6-8-16/h4-10,12,14-15H,11,13H2,1-3H3,(H,21,22). The highest BCUT2D eigenvalue weighted by Crippen LogP contribution is 2.20. The SMILES string of the molecule is CC(C)CC(C)NC(=O)c1ccc(SCc2ccccc2)nc1. The number of pyridine rings is 1. The highest BCUT2D eigenvalue weighted by Gasteiger charge is 2.11. The molecule has 1 N–H and O–H groups in total. The van der Waals surface area contributed by atoms with Gasteiger partial charge in [0, 0.05) is 18.0 Å². The quantitative estimate of drug-likeness (QED) is 0.759. The molecule has 2 aromatic rings. The van der Waals surface area contributed by atoms with Crippen molar-refractivity contribution in [3.8, 4) is 0 Å². The molecule has 0 saturated heterocycles. The number of carbonyl (C=O) groups excluding carboxylic acids is 1. The van der Waals surface area contributed by atoms with Crippen LogP contribution in [0.4, 0.5) is 0 Å². The van der Waals surface area contributed by atoms with Crippen molar-refractivity contribution < 1.29 is 4.79 Å². The van der Waals surface area contributed by atoms with Gasteiger partial charge in [-0.05, 0) is 37.0 Å².